The van der Waals surface area contributed by atoms with Crippen molar-refractivity contribution in [2.24, 2.45) is 5.16 Å². The first-order valence-electron chi connectivity index (χ1n) is 6.79. The lowest BCUT2D eigenvalue weighted by atomic mass is 10.1. The fraction of sp³-hybridized carbons (Fsp3) is 0.533. The number of oxime groups is 1. The molecule has 19 heavy (non-hydrogen) atoms. The van der Waals surface area contributed by atoms with Gasteiger partial charge in [0.15, 0.2) is 12.9 Å². The van der Waals surface area contributed by atoms with Crippen LogP contribution in [0.25, 0.3) is 0 Å². The molecule has 0 N–H and O–H groups in total. The average Bonchev–Trinajstić information content (AvgIpc) is 2.45. The largest absolute Gasteiger partial charge is 0.390 e. The molecule has 106 valence electrons. The van der Waals surface area contributed by atoms with Crippen LogP contribution in [0.15, 0.2) is 35.5 Å². The van der Waals surface area contributed by atoms with Crippen molar-refractivity contribution in [2.45, 2.75) is 33.5 Å². The zero-order chi connectivity index (χ0) is 13.9. The maximum Gasteiger partial charge on any atom is 0.194 e. The molecule has 1 rings (SSSR count). The van der Waals surface area contributed by atoms with Crippen molar-refractivity contribution in [2.75, 3.05) is 19.8 Å². The van der Waals surface area contributed by atoms with E-state index in [4.69, 9.17) is 14.3 Å². The molecule has 0 atom stereocenters. The summed E-state index contributed by atoms with van der Waals surface area (Å²) in [4.78, 5) is 5.35. The maximum absolute atomic E-state index is 5.39. The summed E-state index contributed by atoms with van der Waals surface area (Å²) in [5.41, 5.74) is 2.00. The molecule has 0 bridgehead atoms. The second kappa shape index (κ2) is 9.53. The number of nitrogens with zero attached hydrogens (tertiary/aromatic N) is 1. The van der Waals surface area contributed by atoms with Gasteiger partial charge in [0.1, 0.15) is 0 Å². The average molecular weight is 265 g/mol. The summed E-state index contributed by atoms with van der Waals surface area (Å²) in [5, 5.41) is 4.17. The van der Waals surface area contributed by atoms with E-state index in [1.165, 1.54) is 0 Å². The van der Waals surface area contributed by atoms with Crippen molar-refractivity contribution in [3.63, 3.8) is 0 Å². The molecule has 0 aliphatic rings. The molecule has 0 aliphatic carbocycles. The molecule has 0 fully saturated rings. The van der Waals surface area contributed by atoms with Crippen LogP contribution in [-0.4, -0.2) is 31.8 Å². The van der Waals surface area contributed by atoms with E-state index < -0.39 is 0 Å². The van der Waals surface area contributed by atoms with Crippen LogP contribution >= 0.6 is 0 Å². The van der Waals surface area contributed by atoms with E-state index in [2.05, 4.69) is 12.1 Å². The highest BCUT2D eigenvalue weighted by Gasteiger charge is 2.08. The molecule has 1 aromatic carbocycles. The zero-order valence-corrected chi connectivity index (χ0v) is 12.0. The molecule has 0 saturated carbocycles. The third-order valence-corrected chi connectivity index (χ3v) is 2.53. The zero-order valence-electron chi connectivity index (χ0n) is 12.0. The SMILES string of the molecule is CCOC(CO/N=C(\CC)c1ccccc1)OCC. The minimum atomic E-state index is -0.354. The Morgan fingerprint density at radius 3 is 2.21 bits per heavy atom. The van der Waals surface area contributed by atoms with Gasteiger partial charge in [0.05, 0.1) is 5.71 Å². The maximum atomic E-state index is 5.39. The van der Waals surface area contributed by atoms with Gasteiger partial charge in [-0.15, -0.1) is 0 Å². The van der Waals surface area contributed by atoms with Gasteiger partial charge in [-0.3, -0.25) is 0 Å². The summed E-state index contributed by atoms with van der Waals surface area (Å²) in [5.74, 6) is 0. The molecular weight excluding hydrogens is 242 g/mol. The molecule has 0 aromatic heterocycles. The number of ether oxygens (including phenoxy) is 2. The quantitative estimate of drug-likeness (QED) is 0.391. The highest BCUT2D eigenvalue weighted by Crippen LogP contribution is 2.05. The Morgan fingerprint density at radius 1 is 1.05 bits per heavy atom. The van der Waals surface area contributed by atoms with Crippen LogP contribution in [0.3, 0.4) is 0 Å². The third kappa shape index (κ3) is 5.85. The van der Waals surface area contributed by atoms with E-state index in [1.807, 2.05) is 44.2 Å². The predicted octanol–water partition coefficient (Wildman–Crippen LogP) is 3.22. The van der Waals surface area contributed by atoms with Gasteiger partial charge in [-0.1, -0.05) is 42.4 Å². The Bertz CT molecular complexity index is 359. The van der Waals surface area contributed by atoms with Crippen molar-refractivity contribution < 1.29 is 14.3 Å². The van der Waals surface area contributed by atoms with Crippen LogP contribution in [0.2, 0.25) is 0 Å². The fourth-order valence-corrected chi connectivity index (χ4v) is 1.64. The molecular formula is C15H23NO3. The summed E-state index contributed by atoms with van der Waals surface area (Å²) < 4.78 is 10.8. The summed E-state index contributed by atoms with van der Waals surface area (Å²) in [6.45, 7) is 7.40. The third-order valence-electron chi connectivity index (χ3n) is 2.53. The summed E-state index contributed by atoms with van der Waals surface area (Å²) >= 11 is 0. The molecule has 0 radical (unpaired) electrons. The van der Waals surface area contributed by atoms with Gasteiger partial charge in [0, 0.05) is 13.2 Å². The van der Waals surface area contributed by atoms with Crippen LogP contribution in [-0.2, 0) is 14.3 Å². The van der Waals surface area contributed by atoms with Crippen molar-refractivity contribution in [1.29, 1.82) is 0 Å². The Kier molecular flexibility index (Phi) is 7.86. The summed E-state index contributed by atoms with van der Waals surface area (Å²) in [7, 11) is 0. The van der Waals surface area contributed by atoms with Gasteiger partial charge in [0.2, 0.25) is 0 Å². The van der Waals surface area contributed by atoms with E-state index in [-0.39, 0.29) is 6.29 Å². The highest BCUT2D eigenvalue weighted by atomic mass is 16.7. The molecule has 0 saturated heterocycles. The monoisotopic (exact) mass is 265 g/mol. The van der Waals surface area contributed by atoms with Crippen molar-refractivity contribution >= 4 is 5.71 Å². The van der Waals surface area contributed by atoms with Gasteiger partial charge in [-0.05, 0) is 25.8 Å². The van der Waals surface area contributed by atoms with Crippen molar-refractivity contribution in [1.82, 2.24) is 0 Å². The van der Waals surface area contributed by atoms with Gasteiger partial charge in [0.25, 0.3) is 0 Å². The number of rotatable bonds is 9. The van der Waals surface area contributed by atoms with Crippen LogP contribution < -0.4 is 0 Å². The van der Waals surface area contributed by atoms with E-state index in [0.717, 1.165) is 17.7 Å². The lowest BCUT2D eigenvalue weighted by molar-refractivity contribution is -0.167. The molecule has 0 unspecified atom stereocenters. The summed E-state index contributed by atoms with van der Waals surface area (Å²) in [6, 6.07) is 10.0. The van der Waals surface area contributed by atoms with Gasteiger partial charge in [-0.25, -0.2) is 0 Å². The fourth-order valence-electron chi connectivity index (χ4n) is 1.64. The number of benzene rings is 1. The number of hydrogen-bond donors (Lipinski definition) is 0. The van der Waals surface area contributed by atoms with E-state index in [1.54, 1.807) is 0 Å². The Labute approximate surface area is 115 Å². The second-order valence-electron chi connectivity index (χ2n) is 3.89. The molecule has 0 spiro atoms. The topological polar surface area (TPSA) is 40.0 Å². The van der Waals surface area contributed by atoms with E-state index in [9.17, 15) is 0 Å². The lowest BCUT2D eigenvalue weighted by Crippen LogP contribution is -2.22. The summed E-state index contributed by atoms with van der Waals surface area (Å²) in [6.07, 6.45) is 0.463. The first-order chi connectivity index (χ1) is 9.31. The van der Waals surface area contributed by atoms with Gasteiger partial charge >= 0.3 is 0 Å². The minimum Gasteiger partial charge on any atom is -0.390 e. The van der Waals surface area contributed by atoms with Crippen LogP contribution in [0.1, 0.15) is 32.8 Å². The smallest absolute Gasteiger partial charge is 0.194 e. The van der Waals surface area contributed by atoms with Crippen LogP contribution in [0.5, 0.6) is 0 Å². The van der Waals surface area contributed by atoms with Crippen LogP contribution in [0, 0.1) is 0 Å². The lowest BCUT2D eigenvalue weighted by Gasteiger charge is -2.15. The Balaban J connectivity index is 2.53. The molecule has 4 nitrogen and oxygen atoms in total. The molecule has 0 aliphatic heterocycles. The van der Waals surface area contributed by atoms with E-state index >= 15 is 0 Å². The highest BCUT2D eigenvalue weighted by molar-refractivity contribution is 5.99. The second-order valence-corrected chi connectivity index (χ2v) is 3.89. The van der Waals surface area contributed by atoms with Crippen molar-refractivity contribution in [3.8, 4) is 0 Å². The minimum absolute atomic E-state index is 0.304. The first-order valence-corrected chi connectivity index (χ1v) is 6.79. The van der Waals surface area contributed by atoms with E-state index in [0.29, 0.717) is 19.8 Å². The van der Waals surface area contributed by atoms with Crippen LogP contribution in [0.4, 0.5) is 0 Å². The first kappa shape index (κ1) is 15.7. The molecule has 1 aromatic rings. The Morgan fingerprint density at radius 2 is 1.68 bits per heavy atom. The molecule has 0 amide bonds. The van der Waals surface area contributed by atoms with Gasteiger partial charge in [-0.2, -0.15) is 0 Å². The predicted molar refractivity (Wildman–Crippen MR) is 76.3 cm³/mol. The van der Waals surface area contributed by atoms with Gasteiger partial charge < -0.3 is 14.3 Å². The standard InChI is InChI=1S/C15H23NO3/c1-4-14(13-10-8-7-9-11-13)16-19-12-15(17-5-2)18-6-3/h7-11,15H,4-6,12H2,1-3H3/b16-14+. The molecule has 0 heterocycles. The van der Waals surface area contributed by atoms with Crippen molar-refractivity contribution in [3.05, 3.63) is 35.9 Å². The number of hydrogen-bond acceptors (Lipinski definition) is 4. The molecule has 4 heteroatoms. The normalized spacial score (nSPS) is 11.9. The Hall–Kier alpha value is -1.39.